The van der Waals surface area contributed by atoms with Gasteiger partial charge in [-0.05, 0) is 42.2 Å². The average molecular weight is 298 g/mol. The molecule has 2 amide bonds. The summed E-state index contributed by atoms with van der Waals surface area (Å²) in [6.45, 7) is 1.27. The topological polar surface area (TPSA) is 46.3 Å². The molecule has 114 valence electrons. The highest BCUT2D eigenvalue weighted by Gasteiger charge is 2.42. The van der Waals surface area contributed by atoms with E-state index in [9.17, 15) is 18.0 Å². The van der Waals surface area contributed by atoms with E-state index < -0.39 is 17.8 Å². The number of likely N-dealkylation sites (tertiary alicyclic amines) is 1. The number of hydrogen-bond acceptors (Lipinski definition) is 1. The summed E-state index contributed by atoms with van der Waals surface area (Å²) in [7, 11) is 0. The number of hydrogen-bond donors (Lipinski definition) is 1. The molecular weight excluding hydrogens is 281 g/mol. The number of carbonyl (C=O) groups is 1. The van der Waals surface area contributed by atoms with E-state index in [0.29, 0.717) is 24.9 Å². The SMILES string of the molecule is NC(=O)N1C[C@H]2CC(c3cccc(C(F)(F)F)c3)C[C@H]2C1. The molecule has 2 fully saturated rings. The van der Waals surface area contributed by atoms with Gasteiger partial charge in [0.25, 0.3) is 0 Å². The summed E-state index contributed by atoms with van der Waals surface area (Å²) < 4.78 is 38.3. The Morgan fingerprint density at radius 2 is 1.81 bits per heavy atom. The minimum absolute atomic E-state index is 0.150. The van der Waals surface area contributed by atoms with Crippen LogP contribution >= 0.6 is 0 Å². The summed E-state index contributed by atoms with van der Waals surface area (Å²) in [6.07, 6.45) is -2.64. The van der Waals surface area contributed by atoms with E-state index in [1.807, 2.05) is 0 Å². The summed E-state index contributed by atoms with van der Waals surface area (Å²) in [5, 5.41) is 0. The van der Waals surface area contributed by atoms with Gasteiger partial charge in [0.1, 0.15) is 0 Å². The molecule has 1 saturated heterocycles. The molecule has 1 aromatic carbocycles. The monoisotopic (exact) mass is 298 g/mol. The number of carbonyl (C=O) groups excluding carboxylic acids is 1. The second kappa shape index (κ2) is 4.93. The Bertz CT molecular complexity index is 544. The maximum absolute atomic E-state index is 12.8. The van der Waals surface area contributed by atoms with Crippen LogP contribution in [0.25, 0.3) is 0 Å². The van der Waals surface area contributed by atoms with Gasteiger partial charge in [-0.1, -0.05) is 18.2 Å². The molecule has 1 aliphatic heterocycles. The number of urea groups is 1. The van der Waals surface area contributed by atoms with Crippen LogP contribution in [0.15, 0.2) is 24.3 Å². The van der Waals surface area contributed by atoms with Crippen LogP contribution in [0.1, 0.15) is 29.9 Å². The van der Waals surface area contributed by atoms with Crippen LogP contribution in [0, 0.1) is 11.8 Å². The lowest BCUT2D eigenvalue weighted by atomic mass is 9.94. The number of halogens is 3. The van der Waals surface area contributed by atoms with Crippen LogP contribution < -0.4 is 5.73 Å². The van der Waals surface area contributed by atoms with Crippen molar-refractivity contribution in [1.29, 1.82) is 0 Å². The summed E-state index contributed by atoms with van der Waals surface area (Å²) in [4.78, 5) is 12.8. The highest BCUT2D eigenvalue weighted by Crippen LogP contribution is 2.46. The van der Waals surface area contributed by atoms with Crippen LogP contribution in [-0.4, -0.2) is 24.0 Å². The molecule has 0 aromatic heterocycles. The third kappa shape index (κ3) is 2.71. The molecule has 2 aliphatic rings. The maximum Gasteiger partial charge on any atom is 0.416 e. The summed E-state index contributed by atoms with van der Waals surface area (Å²) in [5.41, 5.74) is 5.44. The Hall–Kier alpha value is -1.72. The van der Waals surface area contributed by atoms with Crippen molar-refractivity contribution in [3.05, 3.63) is 35.4 Å². The van der Waals surface area contributed by atoms with Crippen LogP contribution in [0.3, 0.4) is 0 Å². The van der Waals surface area contributed by atoms with Gasteiger partial charge in [-0.3, -0.25) is 0 Å². The van der Waals surface area contributed by atoms with Crippen molar-refractivity contribution in [1.82, 2.24) is 4.90 Å². The minimum atomic E-state index is -4.30. The van der Waals surface area contributed by atoms with E-state index in [0.717, 1.165) is 24.5 Å². The highest BCUT2D eigenvalue weighted by molar-refractivity contribution is 5.72. The number of amides is 2. The standard InChI is InChI=1S/C15H17F3N2O/c16-15(17,18)13-3-1-2-9(6-13)10-4-11-7-20(14(19)21)8-12(11)5-10/h1-3,6,10-12H,4-5,7-8H2,(H2,19,21)/t10?,11-,12+. The fourth-order valence-electron chi connectivity index (χ4n) is 3.72. The predicted octanol–water partition coefficient (Wildman–Crippen LogP) is 3.21. The number of primary amides is 1. The van der Waals surface area contributed by atoms with E-state index in [1.54, 1.807) is 11.0 Å². The van der Waals surface area contributed by atoms with E-state index in [1.165, 1.54) is 12.1 Å². The second-order valence-electron chi connectivity index (χ2n) is 6.05. The number of nitrogens with two attached hydrogens (primary N) is 1. The van der Waals surface area contributed by atoms with Crippen molar-refractivity contribution in [2.24, 2.45) is 17.6 Å². The molecule has 3 nitrogen and oxygen atoms in total. The van der Waals surface area contributed by atoms with Crippen molar-refractivity contribution in [2.75, 3.05) is 13.1 Å². The van der Waals surface area contributed by atoms with Gasteiger partial charge in [0.05, 0.1) is 5.56 Å². The zero-order valence-electron chi connectivity index (χ0n) is 11.4. The first-order valence-electron chi connectivity index (χ1n) is 7.06. The smallest absolute Gasteiger partial charge is 0.351 e. The lowest BCUT2D eigenvalue weighted by Gasteiger charge is -2.18. The molecule has 21 heavy (non-hydrogen) atoms. The number of rotatable bonds is 1. The van der Waals surface area contributed by atoms with Gasteiger partial charge in [0, 0.05) is 13.1 Å². The quantitative estimate of drug-likeness (QED) is 0.850. The second-order valence-corrected chi connectivity index (χ2v) is 6.05. The number of nitrogens with zero attached hydrogens (tertiary/aromatic N) is 1. The maximum atomic E-state index is 12.8. The number of alkyl halides is 3. The van der Waals surface area contributed by atoms with Crippen molar-refractivity contribution < 1.29 is 18.0 Å². The third-order valence-electron chi connectivity index (χ3n) is 4.75. The first-order valence-corrected chi connectivity index (χ1v) is 7.06. The molecule has 0 radical (unpaired) electrons. The highest BCUT2D eigenvalue weighted by atomic mass is 19.4. The molecule has 2 N–H and O–H groups in total. The zero-order valence-corrected chi connectivity index (χ0v) is 11.4. The van der Waals surface area contributed by atoms with Gasteiger partial charge in [-0.15, -0.1) is 0 Å². The molecule has 1 saturated carbocycles. The minimum Gasteiger partial charge on any atom is -0.351 e. The van der Waals surface area contributed by atoms with Gasteiger partial charge in [-0.25, -0.2) is 4.79 Å². The van der Waals surface area contributed by atoms with E-state index in [-0.39, 0.29) is 5.92 Å². The summed E-state index contributed by atoms with van der Waals surface area (Å²) >= 11 is 0. The van der Waals surface area contributed by atoms with Crippen molar-refractivity contribution >= 4 is 6.03 Å². The molecule has 1 heterocycles. The summed E-state index contributed by atoms with van der Waals surface area (Å²) in [6, 6.07) is 5.21. The Morgan fingerprint density at radius 3 is 2.33 bits per heavy atom. The van der Waals surface area contributed by atoms with Crippen molar-refractivity contribution in [3.8, 4) is 0 Å². The van der Waals surface area contributed by atoms with E-state index in [4.69, 9.17) is 5.73 Å². The average Bonchev–Trinajstić information content (AvgIpc) is 2.95. The fraction of sp³-hybridized carbons (Fsp3) is 0.533. The van der Waals surface area contributed by atoms with Crippen LogP contribution in [0.4, 0.5) is 18.0 Å². The van der Waals surface area contributed by atoms with Gasteiger partial charge < -0.3 is 10.6 Å². The Labute approximate surface area is 120 Å². The van der Waals surface area contributed by atoms with E-state index in [2.05, 4.69) is 0 Å². The summed E-state index contributed by atoms with van der Waals surface area (Å²) in [5.74, 6) is 0.867. The third-order valence-corrected chi connectivity index (χ3v) is 4.75. The molecule has 0 bridgehead atoms. The largest absolute Gasteiger partial charge is 0.416 e. The molecule has 6 heteroatoms. The first-order chi connectivity index (χ1) is 9.84. The van der Waals surface area contributed by atoms with Crippen molar-refractivity contribution in [2.45, 2.75) is 24.9 Å². The van der Waals surface area contributed by atoms with Crippen molar-refractivity contribution in [3.63, 3.8) is 0 Å². The molecule has 0 spiro atoms. The predicted molar refractivity (Wildman–Crippen MR) is 71.6 cm³/mol. The molecule has 1 aromatic rings. The van der Waals surface area contributed by atoms with Crippen LogP contribution in [0.2, 0.25) is 0 Å². The van der Waals surface area contributed by atoms with Gasteiger partial charge in [0.2, 0.25) is 0 Å². The number of fused-ring (bicyclic) bond motifs is 1. The van der Waals surface area contributed by atoms with Gasteiger partial charge in [-0.2, -0.15) is 13.2 Å². The molecule has 1 aliphatic carbocycles. The van der Waals surface area contributed by atoms with Crippen LogP contribution in [0.5, 0.6) is 0 Å². The van der Waals surface area contributed by atoms with E-state index >= 15 is 0 Å². The zero-order chi connectivity index (χ0) is 15.2. The Morgan fingerprint density at radius 1 is 1.19 bits per heavy atom. The Kier molecular flexibility index (Phi) is 3.34. The lowest BCUT2D eigenvalue weighted by Crippen LogP contribution is -2.34. The first kappa shape index (κ1) is 14.2. The molecular formula is C15H17F3N2O. The molecule has 3 atom stereocenters. The molecule has 1 unspecified atom stereocenters. The molecule has 3 rings (SSSR count). The normalized spacial score (nSPS) is 28.7. The van der Waals surface area contributed by atoms with Gasteiger partial charge in [0.15, 0.2) is 0 Å². The Balaban J connectivity index is 1.73. The fourth-order valence-corrected chi connectivity index (χ4v) is 3.72. The lowest BCUT2D eigenvalue weighted by molar-refractivity contribution is -0.137. The van der Waals surface area contributed by atoms with Crippen LogP contribution in [-0.2, 0) is 6.18 Å². The number of benzene rings is 1. The van der Waals surface area contributed by atoms with Gasteiger partial charge >= 0.3 is 12.2 Å².